The molecular weight excluding hydrogens is 486 g/mol. The van der Waals surface area contributed by atoms with Gasteiger partial charge in [0.15, 0.2) is 5.96 Å². The maximum atomic E-state index is 14.7. The van der Waals surface area contributed by atoms with Crippen LogP contribution in [0.2, 0.25) is 0 Å². The summed E-state index contributed by atoms with van der Waals surface area (Å²) in [7, 11) is 0. The van der Waals surface area contributed by atoms with Crippen LogP contribution < -0.4 is 17.2 Å². The summed E-state index contributed by atoms with van der Waals surface area (Å²) in [4.78, 5) is 33.3. The van der Waals surface area contributed by atoms with Crippen molar-refractivity contribution in [1.29, 1.82) is 0 Å². The van der Waals surface area contributed by atoms with Crippen LogP contribution in [0.25, 0.3) is 10.8 Å². The second kappa shape index (κ2) is 12.7. The number of hydrogen-bond donors (Lipinski definition) is 3. The fraction of sp³-hybridized carbons (Fsp3) is 0.219. The van der Waals surface area contributed by atoms with E-state index in [0.29, 0.717) is 19.4 Å². The lowest BCUT2D eigenvalue weighted by molar-refractivity contribution is -0.142. The fourth-order valence-corrected chi connectivity index (χ4v) is 5.07. The highest BCUT2D eigenvalue weighted by molar-refractivity contribution is 5.92. The zero-order valence-corrected chi connectivity index (χ0v) is 22.1. The molecule has 0 spiro atoms. The van der Waals surface area contributed by atoms with Crippen LogP contribution in [0.3, 0.4) is 0 Å². The Morgan fingerprint density at radius 3 is 1.87 bits per heavy atom. The van der Waals surface area contributed by atoms with Crippen LogP contribution in [0.5, 0.6) is 0 Å². The summed E-state index contributed by atoms with van der Waals surface area (Å²) in [6.45, 7) is 2.28. The third-order valence-corrected chi connectivity index (χ3v) is 7.03. The van der Waals surface area contributed by atoms with Gasteiger partial charge in [-0.15, -0.1) is 0 Å². The molecule has 0 fully saturated rings. The molecule has 0 radical (unpaired) electrons. The van der Waals surface area contributed by atoms with E-state index in [0.717, 1.165) is 27.5 Å². The van der Waals surface area contributed by atoms with Crippen LogP contribution in [0.15, 0.2) is 108 Å². The molecular formula is C32H35N5O2. The van der Waals surface area contributed by atoms with Gasteiger partial charge in [-0.2, -0.15) is 0 Å². The highest BCUT2D eigenvalue weighted by atomic mass is 16.2. The van der Waals surface area contributed by atoms with E-state index in [2.05, 4.69) is 11.1 Å². The summed E-state index contributed by atoms with van der Waals surface area (Å²) >= 11 is 0. The van der Waals surface area contributed by atoms with Crippen molar-refractivity contribution in [3.63, 3.8) is 0 Å². The Morgan fingerprint density at radius 2 is 1.31 bits per heavy atom. The number of aliphatic imine (C=N–C) groups is 1. The number of carbonyl (C=O) groups excluding carboxylic acids is 2. The molecule has 7 heteroatoms. The Morgan fingerprint density at radius 1 is 0.744 bits per heavy atom. The second-order valence-corrected chi connectivity index (χ2v) is 9.65. The number of guanidine groups is 1. The normalized spacial score (nSPS) is 12.6. The number of fused-ring (bicyclic) bond motifs is 1. The van der Waals surface area contributed by atoms with Crippen molar-refractivity contribution in [2.24, 2.45) is 22.2 Å². The number of rotatable bonds is 11. The maximum absolute atomic E-state index is 14.7. The first-order valence-corrected chi connectivity index (χ1v) is 13.1. The molecule has 6 N–H and O–H groups in total. The van der Waals surface area contributed by atoms with Gasteiger partial charge in [-0.05, 0) is 53.3 Å². The van der Waals surface area contributed by atoms with Gasteiger partial charge in [-0.3, -0.25) is 14.6 Å². The number of carbonyl (C=O) groups is 2. The average Bonchev–Trinajstić information content (AvgIpc) is 2.95. The summed E-state index contributed by atoms with van der Waals surface area (Å²) in [6, 6.07) is 32.1. The minimum absolute atomic E-state index is 0.0173. The van der Waals surface area contributed by atoms with Crippen LogP contribution in [0.1, 0.15) is 48.4 Å². The largest absolute Gasteiger partial charge is 0.370 e. The Balaban J connectivity index is 1.80. The number of nitrogens with zero attached hydrogens (tertiary/aromatic N) is 2. The van der Waals surface area contributed by atoms with Crippen molar-refractivity contribution in [3.05, 3.63) is 120 Å². The van der Waals surface area contributed by atoms with Gasteiger partial charge in [0.05, 0.1) is 12.0 Å². The number of hydrogen-bond acceptors (Lipinski definition) is 3. The third-order valence-electron chi connectivity index (χ3n) is 7.03. The first-order chi connectivity index (χ1) is 18.9. The van der Waals surface area contributed by atoms with E-state index in [1.54, 1.807) is 4.90 Å². The van der Waals surface area contributed by atoms with E-state index < -0.39 is 23.9 Å². The van der Waals surface area contributed by atoms with E-state index in [1.807, 2.05) is 104 Å². The molecule has 0 aromatic heterocycles. The van der Waals surface area contributed by atoms with Crippen molar-refractivity contribution in [2.45, 2.75) is 37.8 Å². The zero-order chi connectivity index (χ0) is 27.8. The van der Waals surface area contributed by atoms with Gasteiger partial charge in [0, 0.05) is 6.54 Å². The molecule has 4 rings (SSSR count). The molecule has 4 aromatic carbocycles. The SMILES string of the molecule is C[C@@H](c1ccc2ccccc2c1)N(C(=O)C(c1ccccc1)c1ccccc1)[C@H](CCCN=C(N)N)C(N)=O. The summed E-state index contributed by atoms with van der Waals surface area (Å²) in [5, 5.41) is 2.15. The fourth-order valence-electron chi connectivity index (χ4n) is 5.07. The molecule has 4 aromatic rings. The van der Waals surface area contributed by atoms with Crippen LogP contribution in [-0.4, -0.2) is 35.3 Å². The van der Waals surface area contributed by atoms with Crippen LogP contribution >= 0.6 is 0 Å². The topological polar surface area (TPSA) is 128 Å². The van der Waals surface area contributed by atoms with Crippen LogP contribution in [0, 0.1) is 0 Å². The first kappa shape index (κ1) is 27.4. The molecule has 2 atom stereocenters. The molecule has 0 bridgehead atoms. The monoisotopic (exact) mass is 521 g/mol. The lowest BCUT2D eigenvalue weighted by Crippen LogP contribution is -2.50. The minimum atomic E-state index is -0.858. The molecule has 0 aliphatic heterocycles. The number of nitrogens with two attached hydrogens (primary N) is 3. The van der Waals surface area contributed by atoms with Gasteiger partial charge in [0.2, 0.25) is 11.8 Å². The van der Waals surface area contributed by atoms with Crippen LogP contribution in [-0.2, 0) is 9.59 Å². The summed E-state index contributed by atoms with van der Waals surface area (Å²) < 4.78 is 0. The van der Waals surface area contributed by atoms with Gasteiger partial charge < -0.3 is 22.1 Å². The molecule has 0 heterocycles. The van der Waals surface area contributed by atoms with E-state index in [-0.39, 0.29) is 11.9 Å². The molecule has 0 unspecified atom stereocenters. The molecule has 0 saturated carbocycles. The van der Waals surface area contributed by atoms with Gasteiger partial charge in [0.25, 0.3) is 0 Å². The van der Waals surface area contributed by atoms with E-state index in [1.165, 1.54) is 0 Å². The van der Waals surface area contributed by atoms with Crippen molar-refractivity contribution in [2.75, 3.05) is 6.54 Å². The molecule has 39 heavy (non-hydrogen) atoms. The highest BCUT2D eigenvalue weighted by Crippen LogP contribution is 2.34. The Kier molecular flexibility index (Phi) is 8.94. The Hall–Kier alpha value is -4.65. The van der Waals surface area contributed by atoms with Crippen molar-refractivity contribution >= 4 is 28.5 Å². The smallest absolute Gasteiger partial charge is 0.240 e. The highest BCUT2D eigenvalue weighted by Gasteiger charge is 2.37. The molecule has 7 nitrogen and oxygen atoms in total. The second-order valence-electron chi connectivity index (χ2n) is 9.65. The molecule has 0 saturated heterocycles. The number of benzene rings is 4. The lowest BCUT2D eigenvalue weighted by Gasteiger charge is -2.38. The quantitative estimate of drug-likeness (QED) is 0.153. The predicted octanol–water partition coefficient (Wildman–Crippen LogP) is 4.47. The maximum Gasteiger partial charge on any atom is 0.240 e. The average molecular weight is 522 g/mol. The first-order valence-electron chi connectivity index (χ1n) is 13.1. The van der Waals surface area contributed by atoms with Gasteiger partial charge in [-0.25, -0.2) is 0 Å². The van der Waals surface area contributed by atoms with Gasteiger partial charge in [0.1, 0.15) is 6.04 Å². The Bertz CT molecular complexity index is 1400. The Labute approximate surface area is 229 Å². The van der Waals surface area contributed by atoms with Crippen molar-refractivity contribution < 1.29 is 9.59 Å². The lowest BCUT2D eigenvalue weighted by atomic mass is 9.88. The molecule has 0 aliphatic carbocycles. The summed E-state index contributed by atoms with van der Waals surface area (Å²) in [5.74, 6) is -1.40. The van der Waals surface area contributed by atoms with Gasteiger partial charge in [-0.1, -0.05) is 97.1 Å². The molecule has 200 valence electrons. The standard InChI is InChI=1S/C32H35N5O2/c1-22(26-19-18-23-11-8-9-16-27(23)21-26)37(28(30(33)38)17-10-20-36-32(34)35)31(39)29(24-12-4-2-5-13-24)25-14-6-3-7-15-25/h2-9,11-16,18-19,21-22,28-29H,10,17,20H2,1H3,(H2,33,38)(H4,34,35,36)/t22-,28+/m0/s1. The van der Waals surface area contributed by atoms with Crippen molar-refractivity contribution in [3.8, 4) is 0 Å². The minimum Gasteiger partial charge on any atom is -0.370 e. The summed E-state index contributed by atoms with van der Waals surface area (Å²) in [5.41, 5.74) is 19.6. The molecule has 0 aliphatic rings. The predicted molar refractivity (Wildman–Crippen MR) is 157 cm³/mol. The zero-order valence-electron chi connectivity index (χ0n) is 22.1. The molecule has 2 amide bonds. The number of primary amides is 1. The van der Waals surface area contributed by atoms with Crippen molar-refractivity contribution in [1.82, 2.24) is 4.90 Å². The summed E-state index contributed by atoms with van der Waals surface area (Å²) in [6.07, 6.45) is 0.813. The number of amides is 2. The van der Waals surface area contributed by atoms with E-state index >= 15 is 0 Å². The van der Waals surface area contributed by atoms with Gasteiger partial charge >= 0.3 is 0 Å². The van der Waals surface area contributed by atoms with E-state index in [9.17, 15) is 9.59 Å². The van der Waals surface area contributed by atoms with E-state index in [4.69, 9.17) is 17.2 Å². The van der Waals surface area contributed by atoms with Crippen LogP contribution in [0.4, 0.5) is 0 Å². The third kappa shape index (κ3) is 6.62.